The Bertz CT molecular complexity index is 449. The van der Waals surface area contributed by atoms with Gasteiger partial charge in [0.15, 0.2) is 6.29 Å². The number of rotatable bonds is 18. The zero-order valence-electron chi connectivity index (χ0n) is 18.4. The van der Waals surface area contributed by atoms with Crippen molar-refractivity contribution in [2.24, 2.45) is 0 Å². The largest absolute Gasteiger partial charge is 0.481 e. The first-order chi connectivity index (χ1) is 14.4. The molecule has 7 heteroatoms. The fourth-order valence-electron chi connectivity index (χ4n) is 2.50. The predicted octanol–water partition coefficient (Wildman–Crippen LogP) is 3.14. The minimum Gasteiger partial charge on any atom is -0.481 e. The molecule has 0 rings (SSSR count). The van der Waals surface area contributed by atoms with E-state index in [1.807, 2.05) is 0 Å². The first kappa shape index (κ1) is 30.7. The first-order valence-electron chi connectivity index (χ1n) is 11.0. The molecule has 0 saturated heterocycles. The average molecular weight is 431 g/mol. The van der Waals surface area contributed by atoms with Crippen LogP contribution in [0.1, 0.15) is 84.0 Å². The molecule has 0 radical (unpaired) electrons. The van der Waals surface area contributed by atoms with Gasteiger partial charge in [0, 0.05) is 6.42 Å². The molecule has 5 N–H and O–H groups in total. The number of aliphatic hydroxyl groups excluding tert-OH is 4. The lowest BCUT2D eigenvalue weighted by Gasteiger charge is -2.16. The molecule has 0 spiro atoms. The molecule has 0 heterocycles. The molecule has 3 unspecified atom stereocenters. The lowest BCUT2D eigenvalue weighted by atomic mass is 10.1. The van der Waals surface area contributed by atoms with Crippen LogP contribution in [0, 0.1) is 0 Å². The number of aliphatic hydroxyl groups is 4. The number of hydrogen-bond acceptors (Lipinski definition) is 6. The van der Waals surface area contributed by atoms with Gasteiger partial charge in [-0.2, -0.15) is 0 Å². The number of carbonyl (C=O) groups is 2. The Hall–Kier alpha value is -1.54. The number of carboxylic acid groups (broad SMARTS) is 1. The third-order valence-corrected chi connectivity index (χ3v) is 4.41. The Morgan fingerprint density at radius 3 is 1.87 bits per heavy atom. The average Bonchev–Trinajstić information content (AvgIpc) is 2.74. The Balaban J connectivity index is 0. The molecule has 7 nitrogen and oxygen atoms in total. The summed E-state index contributed by atoms with van der Waals surface area (Å²) in [6.07, 6.45) is 17.7. The van der Waals surface area contributed by atoms with Crippen molar-refractivity contribution < 1.29 is 35.1 Å². The lowest BCUT2D eigenvalue weighted by molar-refractivity contribution is -0.137. The summed E-state index contributed by atoms with van der Waals surface area (Å²) < 4.78 is 0. The molecular weight excluding hydrogens is 388 g/mol. The topological polar surface area (TPSA) is 135 Å². The molecule has 0 aromatic carbocycles. The van der Waals surface area contributed by atoms with E-state index in [0.29, 0.717) is 6.42 Å². The van der Waals surface area contributed by atoms with Crippen LogP contribution >= 0.6 is 0 Å². The zero-order valence-corrected chi connectivity index (χ0v) is 18.4. The van der Waals surface area contributed by atoms with Gasteiger partial charge >= 0.3 is 5.97 Å². The second-order valence-corrected chi connectivity index (χ2v) is 7.24. The van der Waals surface area contributed by atoms with E-state index in [9.17, 15) is 9.59 Å². The van der Waals surface area contributed by atoms with Crippen LogP contribution < -0.4 is 0 Å². The van der Waals surface area contributed by atoms with E-state index in [0.717, 1.165) is 25.7 Å². The summed E-state index contributed by atoms with van der Waals surface area (Å²) in [6, 6.07) is 0. The summed E-state index contributed by atoms with van der Waals surface area (Å²) in [5.41, 5.74) is 0. The number of aldehydes is 1. The molecule has 0 aromatic rings. The van der Waals surface area contributed by atoms with Gasteiger partial charge in [0.2, 0.25) is 0 Å². The summed E-state index contributed by atoms with van der Waals surface area (Å²) in [5, 5.41) is 42.6. The van der Waals surface area contributed by atoms with Crippen molar-refractivity contribution in [1.82, 2.24) is 0 Å². The van der Waals surface area contributed by atoms with Gasteiger partial charge < -0.3 is 30.3 Å². The maximum Gasteiger partial charge on any atom is 0.303 e. The molecule has 0 amide bonds. The van der Waals surface area contributed by atoms with Crippen LogP contribution in [0.5, 0.6) is 0 Å². The van der Waals surface area contributed by atoms with Gasteiger partial charge in [-0.25, -0.2) is 0 Å². The van der Waals surface area contributed by atoms with Crippen molar-refractivity contribution in [3.8, 4) is 0 Å². The highest BCUT2D eigenvalue weighted by atomic mass is 16.4. The Kier molecular flexibility index (Phi) is 24.3. The van der Waals surface area contributed by atoms with Gasteiger partial charge in [-0.05, 0) is 38.5 Å². The number of carboxylic acids is 1. The molecule has 0 aliphatic carbocycles. The van der Waals surface area contributed by atoms with E-state index in [-0.39, 0.29) is 6.29 Å². The number of aliphatic carboxylic acids is 1. The highest BCUT2D eigenvalue weighted by Crippen LogP contribution is 2.08. The number of carbonyl (C=O) groups excluding carboxylic acids is 1. The van der Waals surface area contributed by atoms with E-state index in [4.69, 9.17) is 25.5 Å². The highest BCUT2D eigenvalue weighted by Gasteiger charge is 2.22. The SMILES string of the molecule is CCCCC/C=C\C/C=C\CCCCCCCC(=O)O.O=CC(O)C(O)C(O)CO. The molecule has 0 saturated carbocycles. The first-order valence-corrected chi connectivity index (χ1v) is 11.0. The Morgan fingerprint density at radius 1 is 0.833 bits per heavy atom. The maximum absolute atomic E-state index is 10.3. The van der Waals surface area contributed by atoms with Crippen LogP contribution in [-0.2, 0) is 9.59 Å². The third kappa shape index (κ3) is 22.7. The van der Waals surface area contributed by atoms with Gasteiger partial charge in [0.1, 0.15) is 18.3 Å². The maximum atomic E-state index is 10.3. The van der Waals surface area contributed by atoms with Crippen molar-refractivity contribution in [3.05, 3.63) is 24.3 Å². The molecule has 0 aromatic heterocycles. The molecule has 0 aliphatic heterocycles. The third-order valence-electron chi connectivity index (χ3n) is 4.41. The van der Waals surface area contributed by atoms with E-state index >= 15 is 0 Å². The Labute approximate surface area is 181 Å². The fraction of sp³-hybridized carbons (Fsp3) is 0.739. The van der Waals surface area contributed by atoms with E-state index in [2.05, 4.69) is 31.2 Å². The summed E-state index contributed by atoms with van der Waals surface area (Å²) >= 11 is 0. The Morgan fingerprint density at radius 2 is 1.37 bits per heavy atom. The highest BCUT2D eigenvalue weighted by molar-refractivity contribution is 5.66. The van der Waals surface area contributed by atoms with Crippen LogP contribution in [0.4, 0.5) is 0 Å². The van der Waals surface area contributed by atoms with E-state index in [1.165, 1.54) is 44.9 Å². The van der Waals surface area contributed by atoms with Crippen molar-refractivity contribution in [2.75, 3.05) is 6.61 Å². The number of hydrogen-bond donors (Lipinski definition) is 5. The minimum absolute atomic E-state index is 0.0869. The van der Waals surface area contributed by atoms with Crippen molar-refractivity contribution in [1.29, 1.82) is 0 Å². The van der Waals surface area contributed by atoms with Gasteiger partial charge in [-0.15, -0.1) is 0 Å². The molecule has 0 fully saturated rings. The van der Waals surface area contributed by atoms with Crippen molar-refractivity contribution >= 4 is 12.3 Å². The number of allylic oxidation sites excluding steroid dienone is 4. The predicted molar refractivity (Wildman–Crippen MR) is 118 cm³/mol. The van der Waals surface area contributed by atoms with Gasteiger partial charge in [-0.1, -0.05) is 63.3 Å². The van der Waals surface area contributed by atoms with Crippen LogP contribution in [0.2, 0.25) is 0 Å². The lowest BCUT2D eigenvalue weighted by Crippen LogP contribution is -2.40. The van der Waals surface area contributed by atoms with Crippen LogP contribution in [0.15, 0.2) is 24.3 Å². The summed E-state index contributed by atoms with van der Waals surface area (Å²) in [4.78, 5) is 20.1. The molecule has 3 atom stereocenters. The smallest absolute Gasteiger partial charge is 0.303 e. The van der Waals surface area contributed by atoms with Crippen molar-refractivity contribution in [2.45, 2.75) is 102 Å². The van der Waals surface area contributed by atoms with Crippen LogP contribution in [0.25, 0.3) is 0 Å². The minimum atomic E-state index is -1.64. The normalized spacial score (nSPS) is 14.3. The molecule has 30 heavy (non-hydrogen) atoms. The molecule has 0 bridgehead atoms. The van der Waals surface area contributed by atoms with Crippen molar-refractivity contribution in [3.63, 3.8) is 0 Å². The summed E-state index contributed by atoms with van der Waals surface area (Å²) in [7, 11) is 0. The molecule has 0 aliphatic rings. The van der Waals surface area contributed by atoms with Gasteiger partial charge in [0.25, 0.3) is 0 Å². The summed E-state index contributed by atoms with van der Waals surface area (Å²) in [5.74, 6) is -0.671. The fourth-order valence-corrected chi connectivity index (χ4v) is 2.50. The van der Waals surface area contributed by atoms with Gasteiger partial charge in [-0.3, -0.25) is 4.79 Å². The zero-order chi connectivity index (χ0) is 23.0. The van der Waals surface area contributed by atoms with Gasteiger partial charge in [0.05, 0.1) is 6.61 Å². The molecular formula is C23H42O7. The number of unbranched alkanes of at least 4 members (excludes halogenated alkanes) is 8. The second kappa shape index (κ2) is 23.7. The quantitative estimate of drug-likeness (QED) is 0.128. The second-order valence-electron chi connectivity index (χ2n) is 7.24. The van der Waals surface area contributed by atoms with E-state index in [1.54, 1.807) is 0 Å². The van der Waals surface area contributed by atoms with E-state index < -0.39 is 30.9 Å². The van der Waals surface area contributed by atoms with Crippen LogP contribution in [-0.4, -0.2) is 62.7 Å². The molecule has 176 valence electrons. The van der Waals surface area contributed by atoms with Crippen LogP contribution in [0.3, 0.4) is 0 Å². The summed E-state index contributed by atoms with van der Waals surface area (Å²) in [6.45, 7) is 1.55. The monoisotopic (exact) mass is 430 g/mol. The standard InChI is InChI=1S/C18H32O2.C5H10O5/c1-2-3-4-5-6-7-8-9-10-11-12-13-14-15-16-17-18(19)20;6-1-3(8)5(10)4(9)2-7/h6-7,9-10H,2-5,8,11-17H2,1H3,(H,19,20);1,3-5,7-10H,2H2/b7-6-,10-9-;.